The minimum atomic E-state index is -3.99. The van der Waals surface area contributed by atoms with E-state index in [4.69, 9.17) is 11.1 Å². The second-order valence-corrected chi connectivity index (χ2v) is 11.4. The highest BCUT2D eigenvalue weighted by molar-refractivity contribution is 7.89. The summed E-state index contributed by atoms with van der Waals surface area (Å²) in [5.74, 6) is -0.000645. The van der Waals surface area contributed by atoms with Gasteiger partial charge >= 0.3 is 6.03 Å². The van der Waals surface area contributed by atoms with Gasteiger partial charge in [0.05, 0.1) is 4.90 Å². The van der Waals surface area contributed by atoms with Crippen molar-refractivity contribution in [1.29, 1.82) is 5.41 Å². The Labute approximate surface area is 207 Å². The molecule has 1 aliphatic carbocycles. The zero-order valence-corrected chi connectivity index (χ0v) is 21.1. The number of likely N-dealkylation sites (tertiary alicyclic amines) is 1. The number of fused-ring (bicyclic) bond motifs is 1. The fourth-order valence-corrected chi connectivity index (χ4v) is 6.27. The van der Waals surface area contributed by atoms with E-state index in [1.165, 1.54) is 11.4 Å². The van der Waals surface area contributed by atoms with Crippen LogP contribution in [0.15, 0.2) is 47.4 Å². The van der Waals surface area contributed by atoms with Crippen LogP contribution in [0.25, 0.3) is 10.8 Å². The maximum atomic E-state index is 13.6. The third-order valence-electron chi connectivity index (χ3n) is 7.22. The van der Waals surface area contributed by atoms with E-state index in [1.807, 2.05) is 24.3 Å². The van der Waals surface area contributed by atoms with Crippen molar-refractivity contribution in [3.8, 4) is 0 Å². The summed E-state index contributed by atoms with van der Waals surface area (Å²) in [6.45, 7) is 1.43. The lowest BCUT2D eigenvalue weighted by atomic mass is 9.94. The summed E-state index contributed by atoms with van der Waals surface area (Å²) in [4.78, 5) is 19.8. The molecule has 1 aliphatic heterocycles. The van der Waals surface area contributed by atoms with Gasteiger partial charge in [0, 0.05) is 32.7 Å². The molecule has 35 heavy (non-hydrogen) atoms. The number of guanidine groups is 1. The fourth-order valence-electron chi connectivity index (χ4n) is 5.19. The Kier molecular flexibility index (Phi) is 7.81. The number of hydrogen-bond donors (Lipinski definition) is 3. The van der Waals surface area contributed by atoms with Crippen molar-refractivity contribution in [3.05, 3.63) is 42.5 Å². The van der Waals surface area contributed by atoms with Crippen molar-refractivity contribution < 1.29 is 13.2 Å². The highest BCUT2D eigenvalue weighted by atomic mass is 32.2. The Morgan fingerprint density at radius 1 is 1.09 bits per heavy atom. The van der Waals surface area contributed by atoms with Gasteiger partial charge in [-0.15, -0.1) is 4.83 Å². The predicted molar refractivity (Wildman–Crippen MR) is 137 cm³/mol. The maximum Gasteiger partial charge on any atom is 0.335 e. The minimum Gasteiger partial charge on any atom is -0.370 e. The molecule has 1 saturated carbocycles. The van der Waals surface area contributed by atoms with Crippen LogP contribution in [0.5, 0.6) is 0 Å². The molecule has 4 rings (SSSR count). The Bertz CT molecular complexity index is 1160. The summed E-state index contributed by atoms with van der Waals surface area (Å²) in [6, 6.07) is 12.3. The first-order valence-corrected chi connectivity index (χ1v) is 13.9. The number of sulfonamides is 1. The number of nitrogens with one attached hydrogen (secondary N) is 2. The highest BCUT2D eigenvalue weighted by Gasteiger charge is 2.32. The first-order valence-electron chi connectivity index (χ1n) is 12.4. The molecule has 2 amide bonds. The topological polar surface area (TPSA) is 123 Å². The lowest BCUT2D eigenvalue weighted by Crippen LogP contribution is -2.56. The first kappa shape index (κ1) is 25.2. The molecule has 1 unspecified atom stereocenters. The van der Waals surface area contributed by atoms with Crippen molar-refractivity contribution in [2.75, 3.05) is 26.7 Å². The van der Waals surface area contributed by atoms with Crippen LogP contribution >= 0.6 is 0 Å². The normalized spacial score (nSPS) is 19.5. The molecule has 9 nitrogen and oxygen atoms in total. The number of nitrogens with zero attached hydrogens (tertiary/aromatic N) is 3. The molecule has 2 aromatic carbocycles. The van der Waals surface area contributed by atoms with E-state index in [0.29, 0.717) is 13.1 Å². The zero-order chi connectivity index (χ0) is 25.0. The van der Waals surface area contributed by atoms with Gasteiger partial charge in [-0.1, -0.05) is 49.6 Å². The summed E-state index contributed by atoms with van der Waals surface area (Å²) in [5, 5.41) is 10.8. The van der Waals surface area contributed by atoms with Crippen LogP contribution in [0, 0.1) is 11.3 Å². The molecule has 4 N–H and O–H groups in total. The fraction of sp³-hybridized carbons (Fsp3) is 0.520. The minimum absolute atomic E-state index is 0.00337. The summed E-state index contributed by atoms with van der Waals surface area (Å²) in [7, 11) is -2.23. The number of hydrogen-bond acceptors (Lipinski definition) is 4. The van der Waals surface area contributed by atoms with Crippen molar-refractivity contribution in [3.63, 3.8) is 0 Å². The first-order chi connectivity index (χ1) is 16.7. The van der Waals surface area contributed by atoms with Crippen molar-refractivity contribution in [2.45, 2.75) is 55.9 Å². The lowest BCUT2D eigenvalue weighted by Gasteiger charge is -2.38. The van der Waals surface area contributed by atoms with Gasteiger partial charge < -0.3 is 15.5 Å². The molecular formula is C25H36N6O3S. The van der Waals surface area contributed by atoms with Crippen LogP contribution in [0.4, 0.5) is 4.79 Å². The van der Waals surface area contributed by atoms with Gasteiger partial charge in [-0.3, -0.25) is 5.41 Å². The van der Waals surface area contributed by atoms with Crippen LogP contribution in [0.3, 0.4) is 0 Å². The quantitative estimate of drug-likeness (QED) is 0.319. The average molecular weight is 501 g/mol. The number of nitrogens with two attached hydrogens (primary N) is 1. The van der Waals surface area contributed by atoms with Gasteiger partial charge in [0.1, 0.15) is 0 Å². The van der Waals surface area contributed by atoms with Crippen LogP contribution in [-0.4, -0.2) is 67.9 Å². The molecule has 2 aliphatic rings. The van der Waals surface area contributed by atoms with Crippen molar-refractivity contribution in [1.82, 2.24) is 19.6 Å². The molecule has 0 spiro atoms. The van der Waals surface area contributed by atoms with E-state index in [0.717, 1.165) is 49.3 Å². The molecule has 2 aromatic rings. The van der Waals surface area contributed by atoms with E-state index in [9.17, 15) is 13.2 Å². The molecule has 10 heteroatoms. The summed E-state index contributed by atoms with van der Waals surface area (Å²) in [5.41, 5.74) is 5.70. The Balaban J connectivity index is 1.57. The summed E-state index contributed by atoms with van der Waals surface area (Å²) in [6.07, 6.45) is 6.83. The van der Waals surface area contributed by atoms with Crippen LogP contribution < -0.4 is 10.6 Å². The monoisotopic (exact) mass is 500 g/mol. The molecule has 1 atom stereocenters. The van der Waals surface area contributed by atoms with E-state index in [1.54, 1.807) is 35.0 Å². The van der Waals surface area contributed by atoms with Gasteiger partial charge in [-0.05, 0) is 54.5 Å². The number of urea groups is 1. The summed E-state index contributed by atoms with van der Waals surface area (Å²) >= 11 is 0. The molecule has 2 fully saturated rings. The Morgan fingerprint density at radius 2 is 1.80 bits per heavy atom. The molecular weight excluding hydrogens is 464 g/mol. The number of amides is 2. The second kappa shape index (κ2) is 10.8. The van der Waals surface area contributed by atoms with Gasteiger partial charge in [0.25, 0.3) is 10.0 Å². The predicted octanol–water partition coefficient (Wildman–Crippen LogP) is 3.33. The summed E-state index contributed by atoms with van der Waals surface area (Å²) < 4.78 is 26.8. The molecule has 0 aromatic heterocycles. The Morgan fingerprint density at radius 3 is 2.51 bits per heavy atom. The lowest BCUT2D eigenvalue weighted by molar-refractivity contribution is 0.110. The maximum absolute atomic E-state index is 13.6. The van der Waals surface area contributed by atoms with Gasteiger partial charge in [-0.2, -0.15) is 0 Å². The van der Waals surface area contributed by atoms with E-state index >= 15 is 0 Å². The van der Waals surface area contributed by atoms with Crippen LogP contribution in [-0.2, 0) is 10.0 Å². The van der Waals surface area contributed by atoms with Gasteiger partial charge in [-0.25, -0.2) is 18.2 Å². The zero-order valence-electron chi connectivity index (χ0n) is 20.3. The van der Waals surface area contributed by atoms with Crippen molar-refractivity contribution >= 4 is 32.8 Å². The van der Waals surface area contributed by atoms with Crippen LogP contribution in [0.1, 0.15) is 44.9 Å². The Hall–Kier alpha value is -2.85. The number of piperidine rings is 1. The van der Waals surface area contributed by atoms with Gasteiger partial charge in [0.2, 0.25) is 0 Å². The van der Waals surface area contributed by atoms with Crippen molar-refractivity contribution in [2.24, 2.45) is 11.7 Å². The number of rotatable bonds is 6. The van der Waals surface area contributed by atoms with E-state index in [-0.39, 0.29) is 35.4 Å². The average Bonchev–Trinajstić information content (AvgIpc) is 2.87. The number of carbonyl (C=O) groups is 1. The standard InChI is InChI=1S/C25H36N6O3S/c1-29(22-11-3-2-4-12-22)25(32)31(18-19-8-7-15-30(17-19)24(26)27)28-35(33,34)23-14-13-20-9-5-6-10-21(20)16-23/h5-6,9-10,13-14,16,19,22,28H,2-4,7-8,11-12,15,17-18H2,1H3,(H3,26,27). The SMILES string of the molecule is CN(C(=O)N(CC1CCCN(C(=N)N)C1)NS(=O)(=O)c1ccc2ccccc2c1)C1CCCCC1. The smallest absolute Gasteiger partial charge is 0.335 e. The number of hydrazine groups is 1. The van der Waals surface area contributed by atoms with E-state index in [2.05, 4.69) is 4.83 Å². The third kappa shape index (κ3) is 6.05. The largest absolute Gasteiger partial charge is 0.370 e. The molecule has 1 saturated heterocycles. The number of benzene rings is 2. The van der Waals surface area contributed by atoms with Gasteiger partial charge in [0.15, 0.2) is 5.96 Å². The molecule has 0 bridgehead atoms. The third-order valence-corrected chi connectivity index (χ3v) is 8.55. The van der Waals surface area contributed by atoms with Crippen LogP contribution in [0.2, 0.25) is 0 Å². The number of carbonyl (C=O) groups excluding carboxylic acids is 1. The molecule has 190 valence electrons. The highest BCUT2D eigenvalue weighted by Crippen LogP contribution is 2.24. The molecule has 0 radical (unpaired) electrons. The van der Waals surface area contributed by atoms with E-state index < -0.39 is 10.0 Å². The second-order valence-electron chi connectivity index (χ2n) is 9.74. The molecule has 1 heterocycles.